The van der Waals surface area contributed by atoms with Crippen molar-refractivity contribution in [1.82, 2.24) is 10.2 Å². The van der Waals surface area contributed by atoms with Gasteiger partial charge in [0.25, 0.3) is 0 Å². The lowest BCUT2D eigenvalue weighted by Gasteiger charge is -2.16. The van der Waals surface area contributed by atoms with E-state index in [4.69, 9.17) is 9.84 Å². The van der Waals surface area contributed by atoms with Crippen molar-refractivity contribution in [1.29, 1.82) is 0 Å². The van der Waals surface area contributed by atoms with Crippen LogP contribution in [0.1, 0.15) is 12.8 Å². The maximum Gasteiger partial charge on any atom is 0.306 e. The van der Waals surface area contributed by atoms with E-state index in [1.54, 1.807) is 0 Å². The molecule has 6 heteroatoms. The van der Waals surface area contributed by atoms with Gasteiger partial charge in [-0.3, -0.25) is 9.59 Å². The van der Waals surface area contributed by atoms with Crippen molar-refractivity contribution < 1.29 is 19.4 Å². The van der Waals surface area contributed by atoms with E-state index in [2.05, 4.69) is 10.2 Å². The number of carbonyl (C=O) groups is 2. The number of carboxylic acid groups (broad SMARTS) is 1. The Bertz CT molecular complexity index is 283. The second-order valence-electron chi connectivity index (χ2n) is 4.45. The average molecular weight is 244 g/mol. The van der Waals surface area contributed by atoms with Gasteiger partial charge in [-0.25, -0.2) is 0 Å². The molecule has 0 aromatic carbocycles. The maximum absolute atomic E-state index is 11.8. The molecule has 2 N–H and O–H groups in total. The Kier molecular flexibility index (Phi) is 5.37. The number of ether oxygens (including phenoxy) is 1. The van der Waals surface area contributed by atoms with Gasteiger partial charge in [-0.15, -0.1) is 0 Å². The molecule has 0 aliphatic carbocycles. The first kappa shape index (κ1) is 13.9. The molecular weight excluding hydrogens is 224 g/mol. The van der Waals surface area contributed by atoms with E-state index in [1.165, 1.54) is 7.11 Å². The molecule has 1 amide bonds. The van der Waals surface area contributed by atoms with Gasteiger partial charge in [0.1, 0.15) is 0 Å². The fraction of sp³-hybridized carbons (Fsp3) is 0.818. The van der Waals surface area contributed by atoms with Gasteiger partial charge in [0, 0.05) is 20.2 Å². The summed E-state index contributed by atoms with van der Waals surface area (Å²) in [6.07, 6.45) is 0.302. The number of hydrogen-bond donors (Lipinski definition) is 2. The molecule has 1 heterocycles. The number of nitrogens with one attached hydrogen (secondary N) is 1. The van der Waals surface area contributed by atoms with Crippen LogP contribution in [0.3, 0.4) is 0 Å². The zero-order valence-electron chi connectivity index (χ0n) is 10.3. The minimum atomic E-state index is -0.924. The molecule has 0 spiro atoms. The molecule has 1 aliphatic rings. The number of amides is 1. The number of carbonyl (C=O) groups excluding carboxylic acids is 1. The predicted octanol–water partition coefficient (Wildman–Crippen LogP) is -0.456. The molecule has 0 bridgehead atoms. The first-order valence-electron chi connectivity index (χ1n) is 5.73. The highest BCUT2D eigenvalue weighted by Crippen LogP contribution is 2.14. The first-order chi connectivity index (χ1) is 8.02. The van der Waals surface area contributed by atoms with Crippen LogP contribution in [0, 0.1) is 5.92 Å². The fourth-order valence-electron chi connectivity index (χ4n) is 1.94. The summed E-state index contributed by atoms with van der Waals surface area (Å²) in [5, 5.41) is 11.4. The summed E-state index contributed by atoms with van der Waals surface area (Å²) in [6, 6.07) is 0. The zero-order valence-corrected chi connectivity index (χ0v) is 10.3. The third-order valence-corrected chi connectivity index (χ3v) is 3.00. The highest BCUT2D eigenvalue weighted by Gasteiger charge is 2.26. The molecular formula is C11H20N2O4. The molecule has 0 aromatic heterocycles. The van der Waals surface area contributed by atoms with Crippen molar-refractivity contribution >= 4 is 11.9 Å². The normalized spacial score (nSPS) is 22.4. The summed E-state index contributed by atoms with van der Waals surface area (Å²) in [4.78, 5) is 24.4. The molecule has 0 saturated carbocycles. The number of carboxylic acids is 1. The van der Waals surface area contributed by atoms with Gasteiger partial charge in [-0.2, -0.15) is 0 Å². The average Bonchev–Trinajstić information content (AvgIpc) is 2.70. The summed E-state index contributed by atoms with van der Waals surface area (Å²) < 4.78 is 4.99. The van der Waals surface area contributed by atoms with Crippen molar-refractivity contribution in [2.45, 2.75) is 18.9 Å². The second kappa shape index (κ2) is 6.56. The summed E-state index contributed by atoms with van der Waals surface area (Å²) >= 11 is 0. The van der Waals surface area contributed by atoms with Gasteiger partial charge < -0.3 is 20.1 Å². The largest absolute Gasteiger partial charge is 0.481 e. The topological polar surface area (TPSA) is 78.9 Å². The van der Waals surface area contributed by atoms with Gasteiger partial charge in [0.2, 0.25) is 5.91 Å². The second-order valence-corrected chi connectivity index (χ2v) is 4.45. The van der Waals surface area contributed by atoms with Gasteiger partial charge in [-0.1, -0.05) is 0 Å². The molecule has 2 unspecified atom stereocenters. The van der Waals surface area contributed by atoms with Crippen molar-refractivity contribution in [3.8, 4) is 0 Å². The van der Waals surface area contributed by atoms with Crippen molar-refractivity contribution in [2.75, 3.05) is 33.8 Å². The molecule has 98 valence electrons. The number of nitrogens with zero attached hydrogens (tertiary/aromatic N) is 1. The maximum atomic E-state index is 11.8. The lowest BCUT2D eigenvalue weighted by Crippen LogP contribution is -2.38. The summed E-state index contributed by atoms with van der Waals surface area (Å²) in [5.41, 5.74) is 0. The van der Waals surface area contributed by atoms with Gasteiger partial charge in [0.15, 0.2) is 0 Å². The standard InChI is InChI=1S/C11H20N2O4/c1-13-4-3-8(7-13)11(16)12-6-9(17-2)5-10(14)15/h8-9H,3-7H2,1-2H3,(H,12,16)(H,14,15). The third-order valence-electron chi connectivity index (χ3n) is 3.00. The Morgan fingerprint density at radius 3 is 2.76 bits per heavy atom. The van der Waals surface area contributed by atoms with Gasteiger partial charge in [-0.05, 0) is 20.0 Å². The van der Waals surface area contributed by atoms with Crippen LogP contribution >= 0.6 is 0 Å². The summed E-state index contributed by atoms with van der Waals surface area (Å²) in [5.74, 6) is -0.921. The molecule has 0 radical (unpaired) electrons. The van der Waals surface area contributed by atoms with Gasteiger partial charge in [0.05, 0.1) is 18.4 Å². The Morgan fingerprint density at radius 2 is 2.29 bits per heavy atom. The van der Waals surface area contributed by atoms with Crippen LogP contribution < -0.4 is 5.32 Å². The summed E-state index contributed by atoms with van der Waals surface area (Å²) in [7, 11) is 3.43. The predicted molar refractivity (Wildman–Crippen MR) is 61.7 cm³/mol. The summed E-state index contributed by atoms with van der Waals surface area (Å²) in [6.45, 7) is 1.95. The molecule has 6 nitrogen and oxygen atoms in total. The molecule has 1 aliphatic heterocycles. The lowest BCUT2D eigenvalue weighted by atomic mass is 10.1. The van der Waals surface area contributed by atoms with E-state index < -0.39 is 12.1 Å². The number of likely N-dealkylation sites (tertiary alicyclic amines) is 1. The molecule has 1 saturated heterocycles. The first-order valence-corrected chi connectivity index (χ1v) is 5.73. The van der Waals surface area contributed by atoms with E-state index in [9.17, 15) is 9.59 Å². The SMILES string of the molecule is COC(CNC(=O)C1CCN(C)C1)CC(=O)O. The van der Waals surface area contributed by atoms with E-state index in [1.807, 2.05) is 7.05 Å². The molecule has 17 heavy (non-hydrogen) atoms. The third kappa shape index (κ3) is 4.70. The van der Waals surface area contributed by atoms with Crippen LogP contribution in [0.4, 0.5) is 0 Å². The molecule has 0 aromatic rings. The Hall–Kier alpha value is -1.14. The van der Waals surface area contributed by atoms with Crippen molar-refractivity contribution in [3.63, 3.8) is 0 Å². The Balaban J connectivity index is 2.28. The zero-order chi connectivity index (χ0) is 12.8. The van der Waals surface area contributed by atoms with E-state index >= 15 is 0 Å². The van der Waals surface area contributed by atoms with Crippen LogP contribution in [0.2, 0.25) is 0 Å². The Morgan fingerprint density at radius 1 is 1.59 bits per heavy atom. The van der Waals surface area contributed by atoms with Crippen molar-refractivity contribution in [3.05, 3.63) is 0 Å². The molecule has 2 atom stereocenters. The monoisotopic (exact) mass is 244 g/mol. The smallest absolute Gasteiger partial charge is 0.306 e. The molecule has 1 fully saturated rings. The number of aliphatic carboxylic acids is 1. The van der Waals surface area contributed by atoms with E-state index in [0.717, 1.165) is 19.5 Å². The van der Waals surface area contributed by atoms with Crippen LogP contribution in [-0.2, 0) is 14.3 Å². The fourth-order valence-corrected chi connectivity index (χ4v) is 1.94. The van der Waals surface area contributed by atoms with Gasteiger partial charge >= 0.3 is 5.97 Å². The highest BCUT2D eigenvalue weighted by molar-refractivity contribution is 5.79. The van der Waals surface area contributed by atoms with E-state index in [-0.39, 0.29) is 24.8 Å². The van der Waals surface area contributed by atoms with Crippen LogP contribution in [0.15, 0.2) is 0 Å². The van der Waals surface area contributed by atoms with Crippen LogP contribution in [-0.4, -0.2) is 61.8 Å². The molecule has 1 rings (SSSR count). The highest BCUT2D eigenvalue weighted by atomic mass is 16.5. The number of hydrogen-bond acceptors (Lipinski definition) is 4. The number of rotatable bonds is 6. The number of methoxy groups -OCH3 is 1. The van der Waals surface area contributed by atoms with Crippen molar-refractivity contribution in [2.24, 2.45) is 5.92 Å². The minimum absolute atomic E-state index is 0.0122. The lowest BCUT2D eigenvalue weighted by molar-refractivity contribution is -0.140. The minimum Gasteiger partial charge on any atom is -0.481 e. The van der Waals surface area contributed by atoms with E-state index in [0.29, 0.717) is 0 Å². The van der Waals surface area contributed by atoms with Crippen LogP contribution in [0.25, 0.3) is 0 Å². The Labute approximate surface area is 101 Å². The quantitative estimate of drug-likeness (QED) is 0.661. The van der Waals surface area contributed by atoms with Crippen LogP contribution in [0.5, 0.6) is 0 Å².